The minimum absolute atomic E-state index is 0.0579. The van der Waals surface area contributed by atoms with E-state index in [9.17, 15) is 15.2 Å². The highest BCUT2D eigenvalue weighted by Gasteiger charge is 2.10. The summed E-state index contributed by atoms with van der Waals surface area (Å²) in [5.74, 6) is -0.242. The SMILES string of the molecule is COc1ccc(/C=C(\C#N)C(=O)Nc2ccc(C)cc2)cc1O. The fraction of sp³-hybridized carbons (Fsp3) is 0.111. The standard InChI is InChI=1S/C18H16N2O3/c1-12-3-6-15(7-4-12)20-18(22)14(11-19)9-13-5-8-17(23-2)16(21)10-13/h3-10,21H,1-2H3,(H,20,22)/b14-9+. The molecule has 0 aliphatic rings. The van der Waals surface area contributed by atoms with Gasteiger partial charge in [0.1, 0.15) is 11.6 Å². The molecule has 0 unspecified atom stereocenters. The molecule has 23 heavy (non-hydrogen) atoms. The minimum atomic E-state index is -0.508. The monoisotopic (exact) mass is 308 g/mol. The molecule has 0 saturated heterocycles. The van der Waals surface area contributed by atoms with Crippen LogP contribution >= 0.6 is 0 Å². The first-order chi connectivity index (χ1) is 11.0. The van der Waals surface area contributed by atoms with Crippen LogP contribution in [-0.4, -0.2) is 18.1 Å². The molecular formula is C18H16N2O3. The molecule has 0 bridgehead atoms. The Bertz CT molecular complexity index is 787. The molecule has 5 heteroatoms. The number of nitriles is 1. The molecule has 2 rings (SSSR count). The molecule has 0 aliphatic heterocycles. The number of aryl methyl sites for hydroxylation is 1. The number of hydrogen-bond donors (Lipinski definition) is 2. The van der Waals surface area contributed by atoms with E-state index >= 15 is 0 Å². The van der Waals surface area contributed by atoms with Gasteiger partial charge in [-0.15, -0.1) is 0 Å². The van der Waals surface area contributed by atoms with Gasteiger partial charge in [-0.3, -0.25) is 4.79 Å². The van der Waals surface area contributed by atoms with Gasteiger partial charge in [0.25, 0.3) is 5.91 Å². The quantitative estimate of drug-likeness (QED) is 0.671. The number of phenols is 1. The van der Waals surface area contributed by atoms with Crippen LogP contribution in [0.15, 0.2) is 48.0 Å². The van der Waals surface area contributed by atoms with Gasteiger partial charge in [-0.1, -0.05) is 23.8 Å². The Morgan fingerprint density at radius 2 is 1.96 bits per heavy atom. The maximum atomic E-state index is 12.2. The zero-order chi connectivity index (χ0) is 16.8. The Hall–Kier alpha value is -3.26. The molecule has 2 aromatic rings. The largest absolute Gasteiger partial charge is 0.504 e. The topological polar surface area (TPSA) is 82.3 Å². The van der Waals surface area contributed by atoms with E-state index in [0.717, 1.165) is 5.56 Å². The van der Waals surface area contributed by atoms with E-state index in [1.54, 1.807) is 24.3 Å². The normalized spacial score (nSPS) is 10.7. The number of nitrogens with one attached hydrogen (secondary N) is 1. The van der Waals surface area contributed by atoms with Crippen LogP contribution in [0.25, 0.3) is 6.08 Å². The lowest BCUT2D eigenvalue weighted by Crippen LogP contribution is -2.13. The van der Waals surface area contributed by atoms with E-state index < -0.39 is 5.91 Å². The molecule has 0 spiro atoms. The maximum absolute atomic E-state index is 12.2. The van der Waals surface area contributed by atoms with Crippen LogP contribution in [0.4, 0.5) is 5.69 Å². The van der Waals surface area contributed by atoms with Crippen molar-refractivity contribution in [2.45, 2.75) is 6.92 Å². The first-order valence-electron chi connectivity index (χ1n) is 6.90. The number of carbonyl (C=O) groups is 1. The number of methoxy groups -OCH3 is 1. The highest BCUT2D eigenvalue weighted by atomic mass is 16.5. The van der Waals surface area contributed by atoms with Crippen LogP contribution in [-0.2, 0) is 4.79 Å². The average molecular weight is 308 g/mol. The number of anilines is 1. The summed E-state index contributed by atoms with van der Waals surface area (Å²) < 4.78 is 4.95. The molecule has 2 aromatic carbocycles. The van der Waals surface area contributed by atoms with E-state index in [4.69, 9.17) is 4.74 Å². The average Bonchev–Trinajstić information content (AvgIpc) is 2.54. The Morgan fingerprint density at radius 3 is 2.52 bits per heavy atom. The van der Waals surface area contributed by atoms with Gasteiger partial charge < -0.3 is 15.2 Å². The number of aromatic hydroxyl groups is 1. The van der Waals surface area contributed by atoms with Crippen molar-refractivity contribution in [3.63, 3.8) is 0 Å². The summed E-state index contributed by atoms with van der Waals surface area (Å²) in [6.45, 7) is 1.95. The van der Waals surface area contributed by atoms with Gasteiger partial charge in [-0.2, -0.15) is 5.26 Å². The van der Waals surface area contributed by atoms with Crippen molar-refractivity contribution < 1.29 is 14.6 Å². The lowest BCUT2D eigenvalue weighted by molar-refractivity contribution is -0.112. The molecule has 0 atom stereocenters. The Kier molecular flexibility index (Phi) is 5.00. The molecule has 0 radical (unpaired) electrons. The number of hydrogen-bond acceptors (Lipinski definition) is 4. The van der Waals surface area contributed by atoms with Crippen LogP contribution in [0.5, 0.6) is 11.5 Å². The lowest BCUT2D eigenvalue weighted by atomic mass is 10.1. The van der Waals surface area contributed by atoms with Gasteiger partial charge in [-0.05, 0) is 42.8 Å². The molecule has 0 aliphatic carbocycles. The number of ether oxygens (including phenoxy) is 1. The van der Waals surface area contributed by atoms with Gasteiger partial charge >= 0.3 is 0 Å². The number of phenolic OH excluding ortho intramolecular Hbond substituents is 1. The minimum Gasteiger partial charge on any atom is -0.504 e. The smallest absolute Gasteiger partial charge is 0.266 e. The molecule has 0 heterocycles. The fourth-order valence-electron chi connectivity index (χ4n) is 1.95. The van der Waals surface area contributed by atoms with Crippen LogP contribution in [0, 0.1) is 18.3 Å². The molecule has 5 nitrogen and oxygen atoms in total. The van der Waals surface area contributed by atoms with Gasteiger partial charge in [0, 0.05) is 5.69 Å². The summed E-state index contributed by atoms with van der Waals surface area (Å²) in [6.07, 6.45) is 1.41. The highest BCUT2D eigenvalue weighted by molar-refractivity contribution is 6.09. The Morgan fingerprint density at radius 1 is 1.26 bits per heavy atom. The number of benzene rings is 2. The third-order valence-corrected chi connectivity index (χ3v) is 3.19. The summed E-state index contributed by atoms with van der Waals surface area (Å²) in [5.41, 5.74) is 2.15. The molecule has 116 valence electrons. The van der Waals surface area contributed by atoms with E-state index in [1.165, 1.54) is 19.3 Å². The summed E-state index contributed by atoms with van der Waals surface area (Å²) >= 11 is 0. The van der Waals surface area contributed by atoms with Crippen molar-refractivity contribution in [1.82, 2.24) is 0 Å². The molecular weight excluding hydrogens is 292 g/mol. The third-order valence-electron chi connectivity index (χ3n) is 3.19. The molecule has 1 amide bonds. The number of nitrogens with zero attached hydrogens (tertiary/aromatic N) is 1. The lowest BCUT2D eigenvalue weighted by Gasteiger charge is -2.06. The van der Waals surface area contributed by atoms with Gasteiger partial charge in [-0.25, -0.2) is 0 Å². The van der Waals surface area contributed by atoms with Crippen LogP contribution in [0.2, 0.25) is 0 Å². The zero-order valence-corrected chi connectivity index (χ0v) is 12.8. The molecule has 0 saturated carbocycles. The van der Waals surface area contributed by atoms with E-state index in [-0.39, 0.29) is 11.3 Å². The number of amides is 1. The molecule has 0 fully saturated rings. The summed E-state index contributed by atoms with van der Waals surface area (Å²) in [5, 5.41) is 21.6. The van der Waals surface area contributed by atoms with Crippen molar-refractivity contribution in [2.75, 3.05) is 12.4 Å². The van der Waals surface area contributed by atoms with Crippen LogP contribution in [0.3, 0.4) is 0 Å². The van der Waals surface area contributed by atoms with Crippen molar-refractivity contribution >= 4 is 17.7 Å². The van der Waals surface area contributed by atoms with Crippen molar-refractivity contribution in [1.29, 1.82) is 5.26 Å². The Balaban J connectivity index is 2.21. The first-order valence-corrected chi connectivity index (χ1v) is 6.90. The first kappa shape index (κ1) is 16.1. The van der Waals surface area contributed by atoms with Crippen molar-refractivity contribution in [3.05, 3.63) is 59.2 Å². The zero-order valence-electron chi connectivity index (χ0n) is 12.8. The van der Waals surface area contributed by atoms with Gasteiger partial charge in [0.2, 0.25) is 0 Å². The summed E-state index contributed by atoms with van der Waals surface area (Å²) in [7, 11) is 1.44. The molecule has 2 N–H and O–H groups in total. The number of carbonyl (C=O) groups excluding carboxylic acids is 1. The van der Waals surface area contributed by atoms with Crippen LogP contribution in [0.1, 0.15) is 11.1 Å². The Labute approximate surface area is 134 Å². The van der Waals surface area contributed by atoms with E-state index in [0.29, 0.717) is 17.0 Å². The van der Waals surface area contributed by atoms with Crippen molar-refractivity contribution in [2.24, 2.45) is 0 Å². The van der Waals surface area contributed by atoms with E-state index in [2.05, 4.69) is 5.32 Å². The second-order valence-corrected chi connectivity index (χ2v) is 4.92. The second kappa shape index (κ2) is 7.14. The second-order valence-electron chi connectivity index (χ2n) is 4.92. The predicted molar refractivity (Wildman–Crippen MR) is 88.1 cm³/mol. The molecule has 0 aromatic heterocycles. The van der Waals surface area contributed by atoms with Gasteiger partial charge in [0.15, 0.2) is 11.5 Å². The highest BCUT2D eigenvalue weighted by Crippen LogP contribution is 2.27. The fourth-order valence-corrected chi connectivity index (χ4v) is 1.95. The summed E-state index contributed by atoms with van der Waals surface area (Å²) in [4.78, 5) is 12.2. The summed E-state index contributed by atoms with van der Waals surface area (Å²) in [6, 6.07) is 13.8. The maximum Gasteiger partial charge on any atom is 0.266 e. The number of rotatable bonds is 4. The van der Waals surface area contributed by atoms with Crippen LogP contribution < -0.4 is 10.1 Å². The predicted octanol–water partition coefficient (Wildman–Crippen LogP) is 3.25. The van der Waals surface area contributed by atoms with E-state index in [1.807, 2.05) is 25.1 Å². The van der Waals surface area contributed by atoms with Crippen molar-refractivity contribution in [3.8, 4) is 17.6 Å². The van der Waals surface area contributed by atoms with Gasteiger partial charge in [0.05, 0.1) is 7.11 Å². The third kappa shape index (κ3) is 4.11.